The maximum Gasteiger partial charge on any atom is -0.00337 e. The van der Waals surface area contributed by atoms with Crippen molar-refractivity contribution in [2.45, 2.75) is 20.8 Å². The molecule has 1 aliphatic heterocycles. The summed E-state index contributed by atoms with van der Waals surface area (Å²) in [6.07, 6.45) is 0. The lowest BCUT2D eigenvalue weighted by Crippen LogP contribution is -2.14. The van der Waals surface area contributed by atoms with Gasteiger partial charge in [0.2, 0.25) is 0 Å². The lowest BCUT2D eigenvalue weighted by molar-refractivity contribution is 0.341. The molecule has 0 nitrogen and oxygen atoms in total. The van der Waals surface area contributed by atoms with E-state index in [4.69, 9.17) is 0 Å². The molecule has 1 fully saturated rings. The Kier molecular flexibility index (Phi) is 2.45. The Labute approximate surface area is 62.4 Å². The highest BCUT2D eigenvalue weighted by Gasteiger charge is 2.25. The van der Waals surface area contributed by atoms with Gasteiger partial charge in [-0.3, -0.25) is 0 Å². The smallest absolute Gasteiger partial charge is 0.00337 e. The normalized spacial score (nSPS) is 36.0. The molecule has 9 heavy (non-hydrogen) atoms. The summed E-state index contributed by atoms with van der Waals surface area (Å²) in [5.41, 5.74) is 0. The van der Waals surface area contributed by atoms with Gasteiger partial charge >= 0.3 is 0 Å². The molecule has 0 amide bonds. The monoisotopic (exact) mass is 144 g/mol. The lowest BCUT2D eigenvalue weighted by atomic mass is 9.88. The van der Waals surface area contributed by atoms with Gasteiger partial charge in [0.05, 0.1) is 0 Å². The van der Waals surface area contributed by atoms with Gasteiger partial charge in [0.15, 0.2) is 0 Å². The van der Waals surface area contributed by atoms with Crippen molar-refractivity contribution < 1.29 is 0 Å². The molecule has 1 aliphatic rings. The maximum absolute atomic E-state index is 2.38. The second-order valence-electron chi connectivity index (χ2n) is 3.42. The Morgan fingerprint density at radius 2 is 2.00 bits per heavy atom. The van der Waals surface area contributed by atoms with Gasteiger partial charge in [0, 0.05) is 0 Å². The Morgan fingerprint density at radius 3 is 2.22 bits per heavy atom. The van der Waals surface area contributed by atoms with E-state index < -0.39 is 0 Å². The molecular formula is C8H16S. The van der Waals surface area contributed by atoms with Gasteiger partial charge in [-0.25, -0.2) is 0 Å². The molecule has 0 N–H and O–H groups in total. The molecule has 1 heteroatoms. The SMILES string of the molecule is CC(C)[C@@H]1CSC[C@H]1C. The molecule has 0 saturated carbocycles. The van der Waals surface area contributed by atoms with Crippen LogP contribution in [0.15, 0.2) is 0 Å². The molecule has 0 aliphatic carbocycles. The molecule has 0 radical (unpaired) electrons. The fourth-order valence-corrected chi connectivity index (χ4v) is 3.27. The zero-order chi connectivity index (χ0) is 6.85. The van der Waals surface area contributed by atoms with Crippen molar-refractivity contribution in [1.82, 2.24) is 0 Å². The Bertz CT molecular complexity index is 88.6. The summed E-state index contributed by atoms with van der Waals surface area (Å²) in [5.74, 6) is 5.65. The van der Waals surface area contributed by atoms with Gasteiger partial charge in [0.1, 0.15) is 0 Å². The minimum atomic E-state index is 0.898. The van der Waals surface area contributed by atoms with E-state index in [0.29, 0.717) is 0 Å². The van der Waals surface area contributed by atoms with E-state index in [9.17, 15) is 0 Å². The van der Waals surface area contributed by atoms with Gasteiger partial charge in [-0.1, -0.05) is 20.8 Å². The molecule has 0 bridgehead atoms. The highest BCUT2D eigenvalue weighted by molar-refractivity contribution is 7.99. The van der Waals surface area contributed by atoms with Crippen molar-refractivity contribution >= 4 is 11.8 Å². The van der Waals surface area contributed by atoms with Crippen LogP contribution in [0.2, 0.25) is 0 Å². The number of thioether (sulfide) groups is 1. The first kappa shape index (κ1) is 7.46. The van der Waals surface area contributed by atoms with Crippen LogP contribution in [0.1, 0.15) is 20.8 Å². The van der Waals surface area contributed by atoms with Crippen molar-refractivity contribution in [3.05, 3.63) is 0 Å². The minimum absolute atomic E-state index is 0.898. The molecule has 0 aromatic heterocycles. The van der Waals surface area contributed by atoms with E-state index in [2.05, 4.69) is 32.5 Å². The van der Waals surface area contributed by atoms with Gasteiger partial charge in [-0.2, -0.15) is 11.8 Å². The first-order valence-electron chi connectivity index (χ1n) is 3.79. The quantitative estimate of drug-likeness (QED) is 0.545. The summed E-state index contributed by atoms with van der Waals surface area (Å²) in [7, 11) is 0. The Hall–Kier alpha value is 0.350. The fourth-order valence-electron chi connectivity index (χ4n) is 1.53. The maximum atomic E-state index is 2.38. The van der Waals surface area contributed by atoms with Crippen LogP contribution in [-0.2, 0) is 0 Å². The molecule has 0 spiro atoms. The highest BCUT2D eigenvalue weighted by Crippen LogP contribution is 2.34. The summed E-state index contributed by atoms with van der Waals surface area (Å²) in [4.78, 5) is 0. The van der Waals surface area contributed by atoms with Gasteiger partial charge in [-0.15, -0.1) is 0 Å². The summed E-state index contributed by atoms with van der Waals surface area (Å²) in [5, 5.41) is 0. The standard InChI is InChI=1S/C8H16S/c1-6(2)8-5-9-4-7(8)3/h6-8H,4-5H2,1-3H3/t7-,8+/m1/s1. The van der Waals surface area contributed by atoms with Crippen LogP contribution in [-0.4, -0.2) is 11.5 Å². The van der Waals surface area contributed by atoms with E-state index >= 15 is 0 Å². The average Bonchev–Trinajstić information content (AvgIpc) is 2.13. The highest BCUT2D eigenvalue weighted by atomic mass is 32.2. The van der Waals surface area contributed by atoms with Crippen LogP contribution in [0.25, 0.3) is 0 Å². The molecular weight excluding hydrogens is 128 g/mol. The Morgan fingerprint density at radius 1 is 1.33 bits per heavy atom. The number of hydrogen-bond donors (Lipinski definition) is 0. The zero-order valence-electron chi connectivity index (χ0n) is 6.55. The fraction of sp³-hybridized carbons (Fsp3) is 1.00. The van der Waals surface area contributed by atoms with E-state index in [1.807, 2.05) is 0 Å². The molecule has 54 valence electrons. The summed E-state index contributed by atoms with van der Waals surface area (Å²) in [6.45, 7) is 7.06. The van der Waals surface area contributed by atoms with Crippen molar-refractivity contribution in [2.75, 3.05) is 11.5 Å². The van der Waals surface area contributed by atoms with Crippen LogP contribution in [0.4, 0.5) is 0 Å². The van der Waals surface area contributed by atoms with Crippen LogP contribution in [0.3, 0.4) is 0 Å². The average molecular weight is 144 g/mol. The topological polar surface area (TPSA) is 0 Å². The van der Waals surface area contributed by atoms with Gasteiger partial charge in [0.25, 0.3) is 0 Å². The first-order chi connectivity index (χ1) is 4.22. The lowest BCUT2D eigenvalue weighted by Gasteiger charge is -2.17. The van der Waals surface area contributed by atoms with Crippen LogP contribution < -0.4 is 0 Å². The molecule has 2 atom stereocenters. The third-order valence-electron chi connectivity index (χ3n) is 2.28. The van der Waals surface area contributed by atoms with Crippen LogP contribution >= 0.6 is 11.8 Å². The predicted octanol–water partition coefficient (Wildman–Crippen LogP) is 2.64. The summed E-state index contributed by atoms with van der Waals surface area (Å²) < 4.78 is 0. The van der Waals surface area contributed by atoms with Gasteiger partial charge in [-0.05, 0) is 29.3 Å². The zero-order valence-corrected chi connectivity index (χ0v) is 7.37. The van der Waals surface area contributed by atoms with Crippen molar-refractivity contribution in [3.8, 4) is 0 Å². The third-order valence-corrected chi connectivity index (χ3v) is 3.66. The van der Waals surface area contributed by atoms with E-state index in [1.54, 1.807) is 0 Å². The summed E-state index contributed by atoms with van der Waals surface area (Å²) >= 11 is 2.12. The molecule has 1 rings (SSSR count). The van der Waals surface area contributed by atoms with Crippen LogP contribution in [0.5, 0.6) is 0 Å². The molecule has 0 aromatic carbocycles. The minimum Gasteiger partial charge on any atom is -0.161 e. The Balaban J connectivity index is 2.40. The van der Waals surface area contributed by atoms with Crippen molar-refractivity contribution in [3.63, 3.8) is 0 Å². The largest absolute Gasteiger partial charge is 0.161 e. The first-order valence-corrected chi connectivity index (χ1v) is 4.95. The van der Waals surface area contributed by atoms with E-state index in [0.717, 1.165) is 17.8 Å². The number of hydrogen-bond acceptors (Lipinski definition) is 1. The third kappa shape index (κ3) is 1.64. The molecule has 1 heterocycles. The molecule has 0 unspecified atom stereocenters. The second kappa shape index (κ2) is 2.96. The molecule has 1 saturated heterocycles. The second-order valence-corrected chi connectivity index (χ2v) is 4.50. The molecule has 0 aromatic rings. The van der Waals surface area contributed by atoms with Crippen LogP contribution in [0, 0.1) is 17.8 Å². The van der Waals surface area contributed by atoms with Crippen molar-refractivity contribution in [1.29, 1.82) is 0 Å². The van der Waals surface area contributed by atoms with E-state index in [-0.39, 0.29) is 0 Å². The van der Waals surface area contributed by atoms with Crippen molar-refractivity contribution in [2.24, 2.45) is 17.8 Å². The summed E-state index contributed by atoms with van der Waals surface area (Å²) in [6, 6.07) is 0. The van der Waals surface area contributed by atoms with Gasteiger partial charge < -0.3 is 0 Å². The number of rotatable bonds is 1. The predicted molar refractivity (Wildman–Crippen MR) is 44.8 cm³/mol. The van der Waals surface area contributed by atoms with E-state index in [1.165, 1.54) is 11.5 Å².